The average Bonchev–Trinajstić information content (AvgIpc) is 2.47. The standard InChI is InChI=1S/C17H20N2O/c1-12-6-7-15(11-18)17(19-12)20-16-9-8-13-4-2-3-5-14(13)10-16/h6-10H,2-5,11,18H2,1H3. The first-order valence-corrected chi connectivity index (χ1v) is 7.22. The van der Waals surface area contributed by atoms with Crippen molar-refractivity contribution in [3.63, 3.8) is 0 Å². The van der Waals surface area contributed by atoms with E-state index < -0.39 is 0 Å². The Bertz CT molecular complexity index is 622. The van der Waals surface area contributed by atoms with Crippen LogP contribution in [0.2, 0.25) is 0 Å². The monoisotopic (exact) mass is 268 g/mol. The fraction of sp³-hybridized carbons (Fsp3) is 0.353. The molecule has 20 heavy (non-hydrogen) atoms. The van der Waals surface area contributed by atoms with Gasteiger partial charge >= 0.3 is 0 Å². The molecule has 0 spiro atoms. The number of pyridine rings is 1. The molecular formula is C17H20N2O. The Balaban J connectivity index is 1.89. The summed E-state index contributed by atoms with van der Waals surface area (Å²) in [6, 6.07) is 10.3. The van der Waals surface area contributed by atoms with Gasteiger partial charge in [-0.2, -0.15) is 0 Å². The molecule has 2 N–H and O–H groups in total. The van der Waals surface area contributed by atoms with E-state index in [1.54, 1.807) is 0 Å². The van der Waals surface area contributed by atoms with Crippen molar-refractivity contribution in [2.75, 3.05) is 0 Å². The zero-order valence-corrected chi connectivity index (χ0v) is 11.9. The van der Waals surface area contributed by atoms with Gasteiger partial charge in [0.2, 0.25) is 5.88 Å². The number of rotatable bonds is 3. The minimum Gasteiger partial charge on any atom is -0.439 e. The highest BCUT2D eigenvalue weighted by atomic mass is 16.5. The SMILES string of the molecule is Cc1ccc(CN)c(Oc2ccc3c(c2)CCCC3)n1. The second-order valence-electron chi connectivity index (χ2n) is 5.36. The number of fused-ring (bicyclic) bond motifs is 1. The quantitative estimate of drug-likeness (QED) is 0.926. The van der Waals surface area contributed by atoms with Crippen molar-refractivity contribution in [1.29, 1.82) is 0 Å². The van der Waals surface area contributed by atoms with E-state index in [1.165, 1.54) is 30.4 Å². The number of aryl methyl sites for hydroxylation is 3. The molecule has 3 rings (SSSR count). The molecular weight excluding hydrogens is 248 g/mol. The summed E-state index contributed by atoms with van der Waals surface area (Å²) in [4.78, 5) is 4.45. The van der Waals surface area contributed by atoms with Crippen molar-refractivity contribution in [2.24, 2.45) is 5.73 Å². The third-order valence-corrected chi connectivity index (χ3v) is 3.83. The first kappa shape index (κ1) is 13.1. The topological polar surface area (TPSA) is 48.1 Å². The normalized spacial score (nSPS) is 13.9. The molecule has 0 amide bonds. The van der Waals surface area contributed by atoms with Gasteiger partial charge in [-0.1, -0.05) is 12.1 Å². The molecule has 0 radical (unpaired) electrons. The minimum atomic E-state index is 0.438. The van der Waals surface area contributed by atoms with Crippen LogP contribution in [0, 0.1) is 6.92 Å². The van der Waals surface area contributed by atoms with Gasteiger partial charge in [0.25, 0.3) is 0 Å². The predicted octanol–water partition coefficient (Wildman–Crippen LogP) is 3.52. The maximum absolute atomic E-state index is 5.96. The number of nitrogens with zero attached hydrogens (tertiary/aromatic N) is 1. The molecule has 2 aromatic rings. The maximum atomic E-state index is 5.96. The van der Waals surface area contributed by atoms with Crippen molar-refractivity contribution >= 4 is 0 Å². The second-order valence-corrected chi connectivity index (χ2v) is 5.36. The molecule has 0 aliphatic heterocycles. The molecule has 3 heteroatoms. The van der Waals surface area contributed by atoms with Crippen LogP contribution in [0.1, 0.15) is 35.2 Å². The Labute approximate surface area is 119 Å². The number of hydrogen-bond acceptors (Lipinski definition) is 3. The molecule has 0 saturated heterocycles. The molecule has 1 heterocycles. The Morgan fingerprint density at radius 3 is 2.70 bits per heavy atom. The van der Waals surface area contributed by atoms with E-state index in [2.05, 4.69) is 17.1 Å². The summed E-state index contributed by atoms with van der Waals surface area (Å²) >= 11 is 0. The lowest BCUT2D eigenvalue weighted by Crippen LogP contribution is -2.04. The average molecular weight is 268 g/mol. The van der Waals surface area contributed by atoms with Crippen LogP contribution in [0.15, 0.2) is 30.3 Å². The molecule has 0 atom stereocenters. The number of nitrogens with two attached hydrogens (primary N) is 1. The third-order valence-electron chi connectivity index (χ3n) is 3.83. The molecule has 1 aromatic carbocycles. The van der Waals surface area contributed by atoms with E-state index >= 15 is 0 Å². The van der Waals surface area contributed by atoms with Gasteiger partial charge in [0, 0.05) is 17.8 Å². The Morgan fingerprint density at radius 2 is 1.90 bits per heavy atom. The zero-order valence-electron chi connectivity index (χ0n) is 11.9. The molecule has 0 saturated carbocycles. The smallest absolute Gasteiger partial charge is 0.223 e. The highest BCUT2D eigenvalue weighted by molar-refractivity contribution is 5.40. The van der Waals surface area contributed by atoms with Gasteiger partial charge in [0.15, 0.2) is 0 Å². The fourth-order valence-corrected chi connectivity index (χ4v) is 2.69. The summed E-state index contributed by atoms with van der Waals surface area (Å²) in [6.45, 7) is 2.40. The van der Waals surface area contributed by atoms with Crippen molar-refractivity contribution in [2.45, 2.75) is 39.2 Å². The second kappa shape index (κ2) is 5.63. The molecule has 104 valence electrons. The molecule has 1 aliphatic carbocycles. The van der Waals surface area contributed by atoms with Crippen LogP contribution in [0.4, 0.5) is 0 Å². The summed E-state index contributed by atoms with van der Waals surface area (Å²) in [5, 5.41) is 0. The minimum absolute atomic E-state index is 0.438. The molecule has 1 aliphatic rings. The third kappa shape index (κ3) is 2.68. The lowest BCUT2D eigenvalue weighted by molar-refractivity contribution is 0.453. The lowest BCUT2D eigenvalue weighted by Gasteiger charge is -2.17. The van der Waals surface area contributed by atoms with Crippen LogP contribution in [0.5, 0.6) is 11.6 Å². The Morgan fingerprint density at radius 1 is 1.10 bits per heavy atom. The summed E-state index contributed by atoms with van der Waals surface area (Å²) in [5.74, 6) is 1.49. The van der Waals surface area contributed by atoms with Crippen LogP contribution < -0.4 is 10.5 Å². The molecule has 3 nitrogen and oxygen atoms in total. The fourth-order valence-electron chi connectivity index (χ4n) is 2.69. The van der Waals surface area contributed by atoms with E-state index in [9.17, 15) is 0 Å². The summed E-state index contributed by atoms with van der Waals surface area (Å²) in [7, 11) is 0. The maximum Gasteiger partial charge on any atom is 0.223 e. The summed E-state index contributed by atoms with van der Waals surface area (Å²) < 4.78 is 5.96. The van der Waals surface area contributed by atoms with Gasteiger partial charge in [-0.05, 0) is 61.9 Å². The van der Waals surface area contributed by atoms with Crippen LogP contribution in [-0.4, -0.2) is 4.98 Å². The Hall–Kier alpha value is -1.87. The number of aromatic nitrogens is 1. The first-order valence-electron chi connectivity index (χ1n) is 7.22. The lowest BCUT2D eigenvalue weighted by atomic mass is 9.92. The largest absolute Gasteiger partial charge is 0.439 e. The van der Waals surface area contributed by atoms with Crippen LogP contribution in [-0.2, 0) is 19.4 Å². The van der Waals surface area contributed by atoms with E-state index in [-0.39, 0.29) is 0 Å². The molecule has 0 bridgehead atoms. The molecule has 0 unspecified atom stereocenters. The van der Waals surface area contributed by atoms with Crippen molar-refractivity contribution < 1.29 is 4.74 Å². The van der Waals surface area contributed by atoms with E-state index in [0.29, 0.717) is 12.4 Å². The number of benzene rings is 1. The van der Waals surface area contributed by atoms with E-state index in [1.807, 2.05) is 25.1 Å². The van der Waals surface area contributed by atoms with Crippen LogP contribution >= 0.6 is 0 Å². The van der Waals surface area contributed by atoms with Crippen molar-refractivity contribution in [1.82, 2.24) is 4.98 Å². The van der Waals surface area contributed by atoms with Gasteiger partial charge < -0.3 is 10.5 Å². The van der Waals surface area contributed by atoms with Crippen molar-refractivity contribution in [3.8, 4) is 11.6 Å². The molecule has 1 aromatic heterocycles. The number of ether oxygens (including phenoxy) is 1. The predicted molar refractivity (Wildman–Crippen MR) is 80.0 cm³/mol. The van der Waals surface area contributed by atoms with E-state index in [4.69, 9.17) is 10.5 Å². The highest BCUT2D eigenvalue weighted by Crippen LogP contribution is 2.29. The zero-order chi connectivity index (χ0) is 13.9. The van der Waals surface area contributed by atoms with Gasteiger partial charge in [0.05, 0.1) is 0 Å². The highest BCUT2D eigenvalue weighted by Gasteiger charge is 2.11. The summed E-state index contributed by atoms with van der Waals surface area (Å²) in [5.41, 5.74) is 10.5. The van der Waals surface area contributed by atoms with E-state index in [0.717, 1.165) is 23.4 Å². The molecule has 0 fully saturated rings. The Kier molecular flexibility index (Phi) is 3.70. The van der Waals surface area contributed by atoms with Gasteiger partial charge in [-0.3, -0.25) is 0 Å². The van der Waals surface area contributed by atoms with Gasteiger partial charge in [0.1, 0.15) is 5.75 Å². The van der Waals surface area contributed by atoms with Gasteiger partial charge in [-0.25, -0.2) is 4.98 Å². The van der Waals surface area contributed by atoms with Crippen molar-refractivity contribution in [3.05, 3.63) is 52.7 Å². The number of hydrogen-bond donors (Lipinski definition) is 1. The van der Waals surface area contributed by atoms with Crippen LogP contribution in [0.25, 0.3) is 0 Å². The first-order chi connectivity index (χ1) is 9.76. The van der Waals surface area contributed by atoms with Crippen LogP contribution in [0.3, 0.4) is 0 Å². The van der Waals surface area contributed by atoms with Gasteiger partial charge in [-0.15, -0.1) is 0 Å². The summed E-state index contributed by atoms with van der Waals surface area (Å²) in [6.07, 6.45) is 4.90.